The van der Waals surface area contributed by atoms with E-state index in [0.29, 0.717) is 19.3 Å². The van der Waals surface area contributed by atoms with Crippen LogP contribution < -0.4 is 0 Å². The first kappa shape index (κ1) is 23.4. The summed E-state index contributed by atoms with van der Waals surface area (Å²) in [6.45, 7) is 7.14. The van der Waals surface area contributed by atoms with Crippen molar-refractivity contribution in [2.45, 2.75) is 103 Å². The molecule has 0 unspecified atom stereocenters. The molecule has 0 N–H and O–H groups in total. The Balaban J connectivity index is 1.50. The Hall–Kier alpha value is -0.830. The van der Waals surface area contributed by atoms with Gasteiger partial charge in [-0.2, -0.15) is 0 Å². The second-order valence-corrected chi connectivity index (χ2v) is 9.44. The highest BCUT2D eigenvalue weighted by atomic mass is 16.5. The molecule has 3 heteroatoms. The van der Waals surface area contributed by atoms with E-state index >= 15 is 0 Å². The maximum atomic E-state index is 11.5. The predicted molar refractivity (Wildman–Crippen MR) is 118 cm³/mol. The number of carbonyl (C=O) groups is 1. The number of ether oxygens (including phenoxy) is 1. The molecular weight excluding hydrogens is 346 g/mol. The molecule has 2 aliphatic carbocycles. The van der Waals surface area contributed by atoms with Crippen LogP contribution in [0, 0.1) is 17.8 Å². The normalized spacial score (nSPS) is 28.1. The molecule has 0 aromatic heterocycles. The molecule has 0 heterocycles. The number of nitrogens with zero attached hydrogens (tertiary/aromatic N) is 1. The zero-order valence-electron chi connectivity index (χ0n) is 18.7. The molecule has 0 atom stereocenters. The molecule has 0 aliphatic heterocycles. The average Bonchev–Trinajstić information content (AvgIpc) is 2.73. The Morgan fingerprint density at radius 2 is 1.46 bits per heavy atom. The zero-order valence-corrected chi connectivity index (χ0v) is 18.7. The van der Waals surface area contributed by atoms with Crippen LogP contribution in [-0.2, 0) is 9.53 Å². The average molecular weight is 392 g/mol. The van der Waals surface area contributed by atoms with E-state index in [9.17, 15) is 4.79 Å². The Kier molecular flexibility index (Phi) is 11.2. The SMILES string of the molecule is C=CC(=O)N(C)CCOC1CCC(CCC2CCC(CCCCC)CC2)CC1. The van der Waals surface area contributed by atoms with Crippen molar-refractivity contribution in [3.05, 3.63) is 12.7 Å². The number of unbranched alkanes of at least 4 members (excludes halogenated alkanes) is 2. The van der Waals surface area contributed by atoms with Crippen LogP contribution in [0.2, 0.25) is 0 Å². The van der Waals surface area contributed by atoms with E-state index in [-0.39, 0.29) is 5.91 Å². The highest BCUT2D eigenvalue weighted by Crippen LogP contribution is 2.37. The summed E-state index contributed by atoms with van der Waals surface area (Å²) in [5, 5.41) is 0. The highest BCUT2D eigenvalue weighted by molar-refractivity contribution is 5.86. The molecule has 2 rings (SSSR count). The van der Waals surface area contributed by atoms with Gasteiger partial charge in [-0.3, -0.25) is 4.79 Å². The summed E-state index contributed by atoms with van der Waals surface area (Å²) in [7, 11) is 1.81. The van der Waals surface area contributed by atoms with Crippen LogP contribution in [0.5, 0.6) is 0 Å². The lowest BCUT2D eigenvalue weighted by molar-refractivity contribution is -0.125. The van der Waals surface area contributed by atoms with Gasteiger partial charge in [-0.1, -0.05) is 77.7 Å². The maximum Gasteiger partial charge on any atom is 0.245 e. The van der Waals surface area contributed by atoms with Gasteiger partial charge in [0.15, 0.2) is 0 Å². The largest absolute Gasteiger partial charge is 0.376 e. The number of carbonyl (C=O) groups excluding carboxylic acids is 1. The number of rotatable bonds is 12. The fourth-order valence-electron chi connectivity index (χ4n) is 5.17. The fourth-order valence-corrected chi connectivity index (χ4v) is 5.17. The molecule has 0 aromatic carbocycles. The smallest absolute Gasteiger partial charge is 0.245 e. The van der Waals surface area contributed by atoms with Gasteiger partial charge in [-0.05, 0) is 49.5 Å². The third kappa shape index (κ3) is 8.68. The zero-order chi connectivity index (χ0) is 20.2. The third-order valence-corrected chi connectivity index (χ3v) is 7.29. The molecule has 0 radical (unpaired) electrons. The first-order valence-corrected chi connectivity index (χ1v) is 12.1. The molecule has 28 heavy (non-hydrogen) atoms. The van der Waals surface area contributed by atoms with Gasteiger partial charge >= 0.3 is 0 Å². The van der Waals surface area contributed by atoms with E-state index in [1.165, 1.54) is 96.0 Å². The van der Waals surface area contributed by atoms with Gasteiger partial charge in [0.1, 0.15) is 0 Å². The van der Waals surface area contributed by atoms with Crippen LogP contribution in [0.1, 0.15) is 96.8 Å². The first-order valence-electron chi connectivity index (χ1n) is 12.1. The van der Waals surface area contributed by atoms with Crippen LogP contribution in [-0.4, -0.2) is 37.1 Å². The minimum Gasteiger partial charge on any atom is -0.376 e. The molecule has 0 spiro atoms. The Labute approximate surface area is 174 Å². The molecule has 1 amide bonds. The van der Waals surface area contributed by atoms with Gasteiger partial charge in [0, 0.05) is 13.6 Å². The summed E-state index contributed by atoms with van der Waals surface area (Å²) in [6.07, 6.45) is 21.4. The second kappa shape index (κ2) is 13.4. The van der Waals surface area contributed by atoms with E-state index in [0.717, 1.165) is 17.8 Å². The van der Waals surface area contributed by atoms with Crippen molar-refractivity contribution in [3.8, 4) is 0 Å². The minimum atomic E-state index is -0.0256. The van der Waals surface area contributed by atoms with Gasteiger partial charge in [-0.25, -0.2) is 0 Å². The van der Waals surface area contributed by atoms with Crippen LogP contribution in [0.15, 0.2) is 12.7 Å². The first-order chi connectivity index (χ1) is 13.6. The molecular formula is C25H45NO2. The van der Waals surface area contributed by atoms with Gasteiger partial charge in [0.05, 0.1) is 12.7 Å². The summed E-state index contributed by atoms with van der Waals surface area (Å²) < 4.78 is 6.01. The van der Waals surface area contributed by atoms with Crippen molar-refractivity contribution in [1.29, 1.82) is 0 Å². The summed E-state index contributed by atoms with van der Waals surface area (Å²) in [4.78, 5) is 13.1. The van der Waals surface area contributed by atoms with E-state index < -0.39 is 0 Å². The predicted octanol–water partition coefficient (Wildman–Crippen LogP) is 6.37. The number of amides is 1. The van der Waals surface area contributed by atoms with Gasteiger partial charge in [-0.15, -0.1) is 0 Å². The highest BCUT2D eigenvalue weighted by Gasteiger charge is 2.25. The number of likely N-dealkylation sites (N-methyl/N-ethyl adjacent to an activating group) is 1. The lowest BCUT2D eigenvalue weighted by atomic mass is 9.76. The summed E-state index contributed by atoms with van der Waals surface area (Å²) in [5.74, 6) is 2.94. The van der Waals surface area contributed by atoms with Crippen molar-refractivity contribution < 1.29 is 9.53 Å². The Morgan fingerprint density at radius 3 is 2.00 bits per heavy atom. The van der Waals surface area contributed by atoms with Crippen molar-refractivity contribution in [2.75, 3.05) is 20.2 Å². The Morgan fingerprint density at radius 1 is 0.929 bits per heavy atom. The Bertz CT molecular complexity index is 434. The fraction of sp³-hybridized carbons (Fsp3) is 0.880. The van der Waals surface area contributed by atoms with Crippen molar-refractivity contribution in [3.63, 3.8) is 0 Å². The van der Waals surface area contributed by atoms with Gasteiger partial charge in [0.2, 0.25) is 5.91 Å². The van der Waals surface area contributed by atoms with E-state index in [1.54, 1.807) is 4.90 Å². The summed E-state index contributed by atoms with van der Waals surface area (Å²) in [5.41, 5.74) is 0. The van der Waals surface area contributed by atoms with Crippen LogP contribution in [0.4, 0.5) is 0 Å². The molecule has 3 nitrogen and oxygen atoms in total. The van der Waals surface area contributed by atoms with Crippen molar-refractivity contribution in [2.24, 2.45) is 17.8 Å². The van der Waals surface area contributed by atoms with Crippen LogP contribution >= 0.6 is 0 Å². The summed E-state index contributed by atoms with van der Waals surface area (Å²) in [6, 6.07) is 0. The van der Waals surface area contributed by atoms with Gasteiger partial charge in [0.25, 0.3) is 0 Å². The standard InChI is InChI=1S/C25H45NO2/c1-4-6-7-8-21-9-11-22(12-10-21)13-14-23-15-17-24(18-16-23)28-20-19-26(3)25(27)5-2/h5,21-24H,2,4,6-20H2,1,3H3. The lowest BCUT2D eigenvalue weighted by Gasteiger charge is -2.32. The lowest BCUT2D eigenvalue weighted by Crippen LogP contribution is -2.31. The minimum absolute atomic E-state index is 0.0256. The van der Waals surface area contributed by atoms with E-state index in [1.807, 2.05) is 7.05 Å². The molecule has 0 saturated heterocycles. The van der Waals surface area contributed by atoms with Crippen LogP contribution in [0.3, 0.4) is 0 Å². The maximum absolute atomic E-state index is 11.5. The second-order valence-electron chi connectivity index (χ2n) is 9.44. The molecule has 2 fully saturated rings. The number of hydrogen-bond acceptors (Lipinski definition) is 2. The van der Waals surface area contributed by atoms with E-state index in [4.69, 9.17) is 4.74 Å². The monoisotopic (exact) mass is 391 g/mol. The summed E-state index contributed by atoms with van der Waals surface area (Å²) >= 11 is 0. The molecule has 2 saturated carbocycles. The van der Waals surface area contributed by atoms with E-state index in [2.05, 4.69) is 13.5 Å². The molecule has 0 aromatic rings. The molecule has 2 aliphatic rings. The third-order valence-electron chi connectivity index (χ3n) is 7.29. The quantitative estimate of drug-likeness (QED) is 0.285. The van der Waals surface area contributed by atoms with Crippen molar-refractivity contribution in [1.82, 2.24) is 4.90 Å². The van der Waals surface area contributed by atoms with Gasteiger partial charge < -0.3 is 9.64 Å². The molecule has 0 bridgehead atoms. The van der Waals surface area contributed by atoms with Crippen molar-refractivity contribution >= 4 is 5.91 Å². The number of hydrogen-bond donors (Lipinski definition) is 0. The topological polar surface area (TPSA) is 29.5 Å². The molecule has 162 valence electrons. The van der Waals surface area contributed by atoms with Crippen LogP contribution in [0.25, 0.3) is 0 Å².